The van der Waals surface area contributed by atoms with Crippen molar-refractivity contribution in [3.8, 4) is 0 Å². The predicted molar refractivity (Wildman–Crippen MR) is 191 cm³/mol. The minimum atomic E-state index is 1.33. The number of unbranched alkanes of at least 4 members (excludes halogenated alkanes) is 30. The molecule has 0 N–H and O–H groups in total. The Balaban J connectivity index is 1.82. The summed E-state index contributed by atoms with van der Waals surface area (Å²) in [7, 11) is 0. The lowest BCUT2D eigenvalue weighted by molar-refractivity contribution is 0.528. The molecule has 0 aliphatic rings. The van der Waals surface area contributed by atoms with Gasteiger partial charge in [0.2, 0.25) is 0 Å². The van der Waals surface area contributed by atoms with Gasteiger partial charge in [0.1, 0.15) is 0 Å². The fraction of sp³-hybridized carbons (Fsp3) is 0.900. The molecule has 0 aromatic carbocycles. The van der Waals surface area contributed by atoms with Crippen LogP contribution in [0.1, 0.15) is 230 Å². The van der Waals surface area contributed by atoms with Crippen molar-refractivity contribution in [1.29, 1.82) is 0 Å². The lowest BCUT2D eigenvalue weighted by Gasteiger charge is -2.06. The Morgan fingerprint density at radius 3 is 0.927 bits per heavy atom. The average Bonchev–Trinajstić information content (AvgIpc) is 3.43. The zero-order chi connectivity index (χ0) is 29.3. The van der Waals surface area contributed by atoms with Gasteiger partial charge in [-0.2, -0.15) is 0 Å². The molecule has 0 unspecified atom stereocenters. The summed E-state index contributed by atoms with van der Waals surface area (Å²) in [5, 5.41) is 2.35. The van der Waals surface area contributed by atoms with Crippen LogP contribution in [0.2, 0.25) is 0 Å². The molecule has 242 valence electrons. The van der Waals surface area contributed by atoms with Crippen LogP contribution in [0.15, 0.2) is 11.4 Å². The zero-order valence-electron chi connectivity index (χ0n) is 28.6. The van der Waals surface area contributed by atoms with E-state index in [0.29, 0.717) is 0 Å². The number of rotatable bonds is 34. The SMILES string of the molecule is CCCCCCCCCCCCCCCCCCc1ccsc1CCCCCCCCCCCCCCCCCC. The van der Waals surface area contributed by atoms with Crippen LogP contribution in [0.3, 0.4) is 0 Å². The first-order chi connectivity index (χ1) is 20.4. The normalized spacial score (nSPS) is 11.6. The van der Waals surface area contributed by atoms with Crippen LogP contribution in [0.25, 0.3) is 0 Å². The molecule has 41 heavy (non-hydrogen) atoms. The molecule has 0 aliphatic carbocycles. The molecule has 1 aromatic heterocycles. The van der Waals surface area contributed by atoms with Crippen molar-refractivity contribution in [2.75, 3.05) is 0 Å². The summed E-state index contributed by atoms with van der Waals surface area (Å²) in [4.78, 5) is 1.70. The number of thiophene rings is 1. The molecule has 0 saturated heterocycles. The van der Waals surface area contributed by atoms with Gasteiger partial charge in [0, 0.05) is 4.88 Å². The number of hydrogen-bond acceptors (Lipinski definition) is 1. The maximum absolute atomic E-state index is 2.43. The van der Waals surface area contributed by atoms with Crippen molar-refractivity contribution in [3.63, 3.8) is 0 Å². The van der Waals surface area contributed by atoms with E-state index in [1.807, 2.05) is 11.3 Å². The van der Waals surface area contributed by atoms with Gasteiger partial charge in [-0.15, -0.1) is 11.3 Å². The average molecular weight is 589 g/mol. The number of hydrogen-bond donors (Lipinski definition) is 0. The van der Waals surface area contributed by atoms with Gasteiger partial charge in [0.05, 0.1) is 0 Å². The quantitative estimate of drug-likeness (QED) is 0.0702. The van der Waals surface area contributed by atoms with Crippen molar-refractivity contribution in [3.05, 3.63) is 21.9 Å². The second-order valence-electron chi connectivity index (χ2n) is 13.5. The Bertz CT molecular complexity index is 551. The molecule has 0 atom stereocenters. The van der Waals surface area contributed by atoms with E-state index < -0.39 is 0 Å². The van der Waals surface area contributed by atoms with Crippen LogP contribution < -0.4 is 0 Å². The van der Waals surface area contributed by atoms with E-state index in [2.05, 4.69) is 25.3 Å². The topological polar surface area (TPSA) is 0 Å². The molecule has 1 rings (SSSR count). The van der Waals surface area contributed by atoms with Crippen molar-refractivity contribution in [2.45, 2.75) is 232 Å². The van der Waals surface area contributed by atoms with Crippen LogP contribution in [-0.4, -0.2) is 0 Å². The second kappa shape index (κ2) is 32.6. The van der Waals surface area contributed by atoms with Gasteiger partial charge < -0.3 is 0 Å². The molecular formula is C40H76S. The summed E-state index contributed by atoms with van der Waals surface area (Å²) in [6.07, 6.45) is 49.4. The summed E-state index contributed by atoms with van der Waals surface area (Å²) >= 11 is 2.03. The Morgan fingerprint density at radius 2 is 0.610 bits per heavy atom. The molecule has 1 aromatic rings. The molecule has 0 fully saturated rings. The van der Waals surface area contributed by atoms with Crippen molar-refractivity contribution >= 4 is 11.3 Å². The van der Waals surface area contributed by atoms with Crippen molar-refractivity contribution < 1.29 is 0 Å². The van der Waals surface area contributed by atoms with Crippen molar-refractivity contribution in [1.82, 2.24) is 0 Å². The van der Waals surface area contributed by atoms with Crippen LogP contribution in [0, 0.1) is 0 Å². The van der Waals surface area contributed by atoms with E-state index in [0.717, 1.165) is 0 Å². The first-order valence-corrected chi connectivity index (χ1v) is 20.3. The summed E-state index contributed by atoms with van der Waals surface area (Å²) in [5.74, 6) is 0. The first kappa shape index (κ1) is 38.7. The standard InChI is InChI=1S/C40H76S/c1-3-5-7-9-11-13-15-17-19-21-23-25-27-29-31-33-35-39-37-38-41-40(39)36-34-32-30-28-26-24-22-20-18-16-14-12-10-8-6-4-2/h37-38H,3-36H2,1-2H3. The third-order valence-electron chi connectivity index (χ3n) is 9.39. The maximum atomic E-state index is 2.43. The van der Waals surface area contributed by atoms with Crippen LogP contribution >= 0.6 is 11.3 Å². The zero-order valence-corrected chi connectivity index (χ0v) is 29.4. The van der Waals surface area contributed by atoms with Gasteiger partial charge in [-0.25, -0.2) is 0 Å². The highest BCUT2D eigenvalue weighted by Gasteiger charge is 2.05. The molecule has 1 heterocycles. The summed E-state index contributed by atoms with van der Waals surface area (Å²) < 4.78 is 0. The molecule has 0 bridgehead atoms. The van der Waals surface area contributed by atoms with Gasteiger partial charge in [-0.3, -0.25) is 0 Å². The smallest absolute Gasteiger partial charge is 0.00772 e. The summed E-state index contributed by atoms with van der Waals surface area (Å²) in [6, 6.07) is 2.43. The number of aryl methyl sites for hydroxylation is 2. The minimum Gasteiger partial charge on any atom is -0.149 e. The molecule has 0 amide bonds. The fourth-order valence-corrected chi connectivity index (χ4v) is 7.49. The predicted octanol–water partition coefficient (Wildman–Crippen LogP) is 15.4. The molecule has 0 spiro atoms. The highest BCUT2D eigenvalue weighted by molar-refractivity contribution is 7.10. The summed E-state index contributed by atoms with van der Waals surface area (Å²) in [5.41, 5.74) is 1.68. The van der Waals surface area contributed by atoms with Crippen LogP contribution in [-0.2, 0) is 12.8 Å². The van der Waals surface area contributed by atoms with Gasteiger partial charge in [-0.05, 0) is 42.7 Å². The van der Waals surface area contributed by atoms with E-state index in [-0.39, 0.29) is 0 Å². The van der Waals surface area contributed by atoms with E-state index in [1.54, 1.807) is 10.4 Å². The van der Waals surface area contributed by atoms with Crippen LogP contribution in [0.4, 0.5) is 0 Å². The lowest BCUT2D eigenvalue weighted by atomic mass is 10.0. The van der Waals surface area contributed by atoms with E-state index in [1.165, 1.54) is 218 Å². The Hall–Kier alpha value is -0.300. The Labute approximate surface area is 264 Å². The molecule has 0 radical (unpaired) electrons. The van der Waals surface area contributed by atoms with E-state index >= 15 is 0 Å². The molecule has 0 aliphatic heterocycles. The van der Waals surface area contributed by atoms with Crippen molar-refractivity contribution in [2.24, 2.45) is 0 Å². The third kappa shape index (κ3) is 27.0. The lowest BCUT2D eigenvalue weighted by Crippen LogP contribution is -1.91. The van der Waals surface area contributed by atoms with Gasteiger partial charge >= 0.3 is 0 Å². The van der Waals surface area contributed by atoms with E-state index in [9.17, 15) is 0 Å². The highest BCUT2D eigenvalue weighted by Crippen LogP contribution is 2.23. The molecule has 1 heteroatoms. The highest BCUT2D eigenvalue weighted by atomic mass is 32.1. The second-order valence-corrected chi connectivity index (χ2v) is 14.5. The monoisotopic (exact) mass is 589 g/mol. The largest absolute Gasteiger partial charge is 0.149 e. The minimum absolute atomic E-state index is 1.33. The molecule has 0 nitrogen and oxygen atoms in total. The molecular weight excluding hydrogens is 513 g/mol. The van der Waals surface area contributed by atoms with Crippen LogP contribution in [0.5, 0.6) is 0 Å². The first-order valence-electron chi connectivity index (χ1n) is 19.4. The Morgan fingerprint density at radius 1 is 0.341 bits per heavy atom. The van der Waals surface area contributed by atoms with Gasteiger partial charge in [0.25, 0.3) is 0 Å². The van der Waals surface area contributed by atoms with Gasteiger partial charge in [-0.1, -0.05) is 206 Å². The molecule has 0 saturated carbocycles. The third-order valence-corrected chi connectivity index (χ3v) is 10.4. The van der Waals surface area contributed by atoms with Gasteiger partial charge in [0.15, 0.2) is 0 Å². The maximum Gasteiger partial charge on any atom is 0.00772 e. The fourth-order valence-electron chi connectivity index (χ4n) is 6.51. The summed E-state index contributed by atoms with van der Waals surface area (Å²) in [6.45, 7) is 4.62. The Kier molecular flexibility index (Phi) is 30.8. The van der Waals surface area contributed by atoms with E-state index in [4.69, 9.17) is 0 Å².